The van der Waals surface area contributed by atoms with Gasteiger partial charge in [-0.05, 0) is 24.1 Å². The van der Waals surface area contributed by atoms with E-state index in [1.54, 1.807) is 0 Å². The molecular formula is C15H20F3NO2. The first-order chi connectivity index (χ1) is 9.90. The summed E-state index contributed by atoms with van der Waals surface area (Å²) in [6.07, 6.45) is -4.26. The Bertz CT molecular complexity index is 447. The van der Waals surface area contributed by atoms with Gasteiger partial charge < -0.3 is 9.84 Å². The molecule has 118 valence electrons. The van der Waals surface area contributed by atoms with Crippen molar-refractivity contribution >= 4 is 0 Å². The molecular weight excluding hydrogens is 283 g/mol. The number of aliphatic hydroxyl groups excluding tert-OH is 1. The summed E-state index contributed by atoms with van der Waals surface area (Å²) < 4.78 is 43.2. The molecule has 1 N–H and O–H groups in total. The maximum absolute atomic E-state index is 12.5. The van der Waals surface area contributed by atoms with Gasteiger partial charge in [0, 0.05) is 19.6 Å². The number of nitrogens with zero attached hydrogens (tertiary/aromatic N) is 1. The Morgan fingerprint density at radius 2 is 2.00 bits per heavy atom. The van der Waals surface area contributed by atoms with Crippen LogP contribution in [0.1, 0.15) is 30.6 Å². The SMILES string of the molecule is CC[C@H](O)CN1CCO[C@@H](c2ccc(C(F)(F)F)cc2)C1. The molecule has 0 bridgehead atoms. The number of hydrogen-bond donors (Lipinski definition) is 1. The molecule has 0 saturated carbocycles. The second kappa shape index (κ2) is 6.77. The van der Waals surface area contributed by atoms with Gasteiger partial charge in [-0.25, -0.2) is 0 Å². The van der Waals surface area contributed by atoms with Crippen LogP contribution in [0.25, 0.3) is 0 Å². The molecule has 0 unspecified atom stereocenters. The highest BCUT2D eigenvalue weighted by Gasteiger charge is 2.31. The van der Waals surface area contributed by atoms with Crippen LogP contribution in [0, 0.1) is 0 Å². The lowest BCUT2D eigenvalue weighted by Crippen LogP contribution is -2.42. The van der Waals surface area contributed by atoms with Crippen LogP contribution in [0.4, 0.5) is 13.2 Å². The Hall–Kier alpha value is -1.11. The molecule has 2 atom stereocenters. The van der Waals surface area contributed by atoms with Crippen molar-refractivity contribution in [3.63, 3.8) is 0 Å². The van der Waals surface area contributed by atoms with Crippen LogP contribution < -0.4 is 0 Å². The number of benzene rings is 1. The minimum absolute atomic E-state index is 0.245. The topological polar surface area (TPSA) is 32.7 Å². The predicted molar refractivity (Wildman–Crippen MR) is 72.9 cm³/mol. The standard InChI is InChI=1S/C15H20F3NO2/c1-2-13(20)9-19-7-8-21-14(10-19)11-3-5-12(6-4-11)15(16,17)18/h3-6,13-14,20H,2,7-10H2,1H3/t13-,14+/m0/s1. The number of morpholine rings is 1. The van der Waals surface area contributed by atoms with Crippen LogP contribution in [0.2, 0.25) is 0 Å². The summed E-state index contributed by atoms with van der Waals surface area (Å²) >= 11 is 0. The van der Waals surface area contributed by atoms with Crippen LogP contribution in [0.3, 0.4) is 0 Å². The van der Waals surface area contributed by atoms with Gasteiger partial charge in [-0.2, -0.15) is 13.2 Å². The molecule has 0 radical (unpaired) electrons. The van der Waals surface area contributed by atoms with Gasteiger partial charge in [0.15, 0.2) is 0 Å². The van der Waals surface area contributed by atoms with Crippen molar-refractivity contribution in [1.29, 1.82) is 0 Å². The van der Waals surface area contributed by atoms with Crippen LogP contribution in [-0.2, 0) is 10.9 Å². The lowest BCUT2D eigenvalue weighted by molar-refractivity contribution is -0.137. The van der Waals surface area contributed by atoms with Gasteiger partial charge in [0.05, 0.1) is 24.4 Å². The second-order valence-electron chi connectivity index (χ2n) is 5.30. The number of rotatable bonds is 4. The third-order valence-corrected chi connectivity index (χ3v) is 3.70. The number of halogens is 3. The van der Waals surface area contributed by atoms with Gasteiger partial charge in [-0.15, -0.1) is 0 Å². The van der Waals surface area contributed by atoms with E-state index in [1.165, 1.54) is 12.1 Å². The Kier molecular flexibility index (Phi) is 5.24. The fourth-order valence-electron chi connectivity index (χ4n) is 2.38. The van der Waals surface area contributed by atoms with E-state index < -0.39 is 11.7 Å². The van der Waals surface area contributed by atoms with Crippen LogP contribution in [-0.4, -0.2) is 42.4 Å². The summed E-state index contributed by atoms with van der Waals surface area (Å²) in [5.74, 6) is 0. The number of hydrogen-bond acceptors (Lipinski definition) is 3. The Morgan fingerprint density at radius 1 is 1.33 bits per heavy atom. The van der Waals surface area contributed by atoms with E-state index in [-0.39, 0.29) is 12.2 Å². The van der Waals surface area contributed by atoms with E-state index in [0.717, 1.165) is 24.2 Å². The first kappa shape index (κ1) is 16.3. The molecule has 1 aliphatic heterocycles. The highest BCUT2D eigenvalue weighted by molar-refractivity contribution is 5.26. The second-order valence-corrected chi connectivity index (χ2v) is 5.30. The van der Waals surface area contributed by atoms with Crippen molar-refractivity contribution in [2.75, 3.05) is 26.2 Å². The highest BCUT2D eigenvalue weighted by Crippen LogP contribution is 2.31. The molecule has 21 heavy (non-hydrogen) atoms. The van der Waals surface area contributed by atoms with E-state index in [9.17, 15) is 18.3 Å². The molecule has 6 heteroatoms. The minimum Gasteiger partial charge on any atom is -0.392 e. The van der Waals surface area contributed by atoms with Crippen molar-refractivity contribution < 1.29 is 23.0 Å². The van der Waals surface area contributed by atoms with E-state index in [4.69, 9.17) is 4.74 Å². The summed E-state index contributed by atoms with van der Waals surface area (Å²) in [7, 11) is 0. The average molecular weight is 303 g/mol. The molecule has 2 rings (SSSR count). The number of ether oxygens (including phenoxy) is 1. The molecule has 1 fully saturated rings. The Morgan fingerprint density at radius 3 is 2.57 bits per heavy atom. The normalized spacial score (nSPS) is 22.2. The number of aliphatic hydroxyl groups is 1. The van der Waals surface area contributed by atoms with Crippen molar-refractivity contribution in [1.82, 2.24) is 4.90 Å². The van der Waals surface area contributed by atoms with Crippen molar-refractivity contribution in [3.05, 3.63) is 35.4 Å². The molecule has 1 saturated heterocycles. The summed E-state index contributed by atoms with van der Waals surface area (Å²) in [5, 5.41) is 9.69. The molecule has 1 aromatic carbocycles. The fourth-order valence-corrected chi connectivity index (χ4v) is 2.38. The zero-order valence-corrected chi connectivity index (χ0v) is 11.9. The average Bonchev–Trinajstić information content (AvgIpc) is 2.46. The van der Waals surface area contributed by atoms with E-state index >= 15 is 0 Å². The van der Waals surface area contributed by atoms with Crippen molar-refractivity contribution in [2.45, 2.75) is 31.7 Å². The van der Waals surface area contributed by atoms with E-state index in [0.29, 0.717) is 26.1 Å². The molecule has 0 spiro atoms. The maximum Gasteiger partial charge on any atom is 0.416 e. The Balaban J connectivity index is 2.01. The molecule has 0 aromatic heterocycles. The van der Waals surface area contributed by atoms with Crippen LogP contribution >= 0.6 is 0 Å². The third kappa shape index (κ3) is 4.43. The Labute approximate surface area is 122 Å². The van der Waals surface area contributed by atoms with Gasteiger partial charge in [0.2, 0.25) is 0 Å². The zero-order valence-electron chi connectivity index (χ0n) is 11.9. The number of β-amino-alcohol motifs (C(OH)–C–C–N with tert-alkyl or cyclic N) is 1. The number of alkyl halides is 3. The first-order valence-electron chi connectivity index (χ1n) is 7.09. The van der Waals surface area contributed by atoms with Gasteiger partial charge in [-0.3, -0.25) is 4.90 Å². The third-order valence-electron chi connectivity index (χ3n) is 3.70. The van der Waals surface area contributed by atoms with Crippen LogP contribution in [0.15, 0.2) is 24.3 Å². The quantitative estimate of drug-likeness (QED) is 0.928. The summed E-state index contributed by atoms with van der Waals surface area (Å²) in [6, 6.07) is 5.09. The summed E-state index contributed by atoms with van der Waals surface area (Å²) in [6.45, 7) is 4.31. The molecule has 1 heterocycles. The lowest BCUT2D eigenvalue weighted by Gasteiger charge is -2.34. The zero-order chi connectivity index (χ0) is 15.5. The molecule has 0 aliphatic carbocycles. The van der Waals surface area contributed by atoms with Gasteiger partial charge in [0.1, 0.15) is 0 Å². The lowest BCUT2D eigenvalue weighted by atomic mass is 10.0. The highest BCUT2D eigenvalue weighted by atomic mass is 19.4. The predicted octanol–water partition coefficient (Wildman–Crippen LogP) is 2.85. The molecule has 0 amide bonds. The molecule has 3 nitrogen and oxygen atoms in total. The summed E-state index contributed by atoms with van der Waals surface area (Å²) in [5.41, 5.74) is 0.0824. The van der Waals surface area contributed by atoms with Gasteiger partial charge in [0.25, 0.3) is 0 Å². The van der Waals surface area contributed by atoms with Crippen molar-refractivity contribution in [2.24, 2.45) is 0 Å². The molecule has 1 aromatic rings. The maximum atomic E-state index is 12.5. The van der Waals surface area contributed by atoms with E-state index in [1.807, 2.05) is 6.92 Å². The van der Waals surface area contributed by atoms with Gasteiger partial charge >= 0.3 is 6.18 Å². The molecule has 1 aliphatic rings. The van der Waals surface area contributed by atoms with Crippen LogP contribution in [0.5, 0.6) is 0 Å². The fraction of sp³-hybridized carbons (Fsp3) is 0.600. The minimum atomic E-state index is -4.32. The first-order valence-corrected chi connectivity index (χ1v) is 7.09. The van der Waals surface area contributed by atoms with Gasteiger partial charge in [-0.1, -0.05) is 19.1 Å². The van der Waals surface area contributed by atoms with Crippen molar-refractivity contribution in [3.8, 4) is 0 Å². The smallest absolute Gasteiger partial charge is 0.392 e. The van der Waals surface area contributed by atoms with E-state index in [2.05, 4.69) is 4.90 Å². The summed E-state index contributed by atoms with van der Waals surface area (Å²) in [4.78, 5) is 2.08. The monoisotopic (exact) mass is 303 g/mol. The largest absolute Gasteiger partial charge is 0.416 e.